The maximum atomic E-state index is 9.70. The molecule has 0 spiro atoms. The molecule has 1 aliphatic rings. The molecule has 2 rings (SSSR count). The third kappa shape index (κ3) is 3.30. The summed E-state index contributed by atoms with van der Waals surface area (Å²) < 4.78 is 5.36. The summed E-state index contributed by atoms with van der Waals surface area (Å²) in [5.74, 6) is 0.994. The topological polar surface area (TPSA) is 93.3 Å². The van der Waals surface area contributed by atoms with Gasteiger partial charge in [0.1, 0.15) is 12.0 Å². The van der Waals surface area contributed by atoms with Gasteiger partial charge in [0.2, 0.25) is 5.88 Å². The molecule has 1 aromatic heterocycles. The van der Waals surface area contributed by atoms with Gasteiger partial charge in [0, 0.05) is 12.0 Å². The van der Waals surface area contributed by atoms with Gasteiger partial charge in [-0.3, -0.25) is 0 Å². The van der Waals surface area contributed by atoms with Crippen LogP contribution in [0.1, 0.15) is 39.0 Å². The summed E-state index contributed by atoms with van der Waals surface area (Å²) in [7, 11) is 0. The lowest BCUT2D eigenvalue weighted by atomic mass is 9.74. The number of aromatic nitrogens is 2. The molecule has 6 heteroatoms. The highest BCUT2D eigenvalue weighted by Gasteiger charge is 2.31. The first-order chi connectivity index (χ1) is 9.71. The van der Waals surface area contributed by atoms with E-state index in [-0.39, 0.29) is 12.0 Å². The molecule has 1 heterocycles. The standard InChI is InChI=1S/C14H24N4O2/c1-2-20-13-11(15)12(17-10-18-13)16-8-14(9-19)6-4-3-5-7-14/h10,19H,2-9,15H2,1H3,(H,16,17,18). The second-order valence-corrected chi connectivity index (χ2v) is 5.45. The number of nitrogens with zero attached hydrogens (tertiary/aromatic N) is 2. The summed E-state index contributed by atoms with van der Waals surface area (Å²) in [4.78, 5) is 8.18. The number of hydrogen-bond donors (Lipinski definition) is 3. The van der Waals surface area contributed by atoms with Crippen molar-refractivity contribution in [3.05, 3.63) is 6.33 Å². The van der Waals surface area contributed by atoms with Crippen molar-refractivity contribution in [1.82, 2.24) is 9.97 Å². The lowest BCUT2D eigenvalue weighted by molar-refractivity contribution is 0.0943. The van der Waals surface area contributed by atoms with Gasteiger partial charge in [-0.05, 0) is 19.8 Å². The largest absolute Gasteiger partial charge is 0.476 e. The van der Waals surface area contributed by atoms with Crippen LogP contribution in [0.4, 0.5) is 11.5 Å². The highest BCUT2D eigenvalue weighted by molar-refractivity contribution is 5.66. The second kappa shape index (κ2) is 6.74. The van der Waals surface area contributed by atoms with Gasteiger partial charge in [-0.15, -0.1) is 0 Å². The Morgan fingerprint density at radius 2 is 2.10 bits per heavy atom. The van der Waals surface area contributed by atoms with Crippen LogP contribution in [0.25, 0.3) is 0 Å². The Bertz CT molecular complexity index is 433. The molecule has 112 valence electrons. The van der Waals surface area contributed by atoms with Crippen LogP contribution in [0.3, 0.4) is 0 Å². The number of nitrogen functional groups attached to an aromatic ring is 1. The predicted molar refractivity (Wildman–Crippen MR) is 78.7 cm³/mol. The lowest BCUT2D eigenvalue weighted by Gasteiger charge is -2.35. The smallest absolute Gasteiger partial charge is 0.242 e. The molecular formula is C14H24N4O2. The Labute approximate surface area is 119 Å². The molecule has 0 amide bonds. The molecule has 1 saturated carbocycles. The Morgan fingerprint density at radius 1 is 1.35 bits per heavy atom. The van der Waals surface area contributed by atoms with E-state index >= 15 is 0 Å². The molecule has 1 aromatic rings. The number of hydrogen-bond acceptors (Lipinski definition) is 6. The molecule has 20 heavy (non-hydrogen) atoms. The SMILES string of the molecule is CCOc1ncnc(NCC2(CO)CCCCC2)c1N. The minimum atomic E-state index is -0.0542. The summed E-state index contributed by atoms with van der Waals surface area (Å²) in [6.45, 7) is 3.28. The van der Waals surface area contributed by atoms with Crippen LogP contribution in [0.5, 0.6) is 5.88 Å². The molecule has 0 bridgehead atoms. The van der Waals surface area contributed by atoms with E-state index in [1.807, 2.05) is 6.92 Å². The Hall–Kier alpha value is -1.56. The van der Waals surface area contributed by atoms with Crippen molar-refractivity contribution in [3.8, 4) is 5.88 Å². The quantitative estimate of drug-likeness (QED) is 0.736. The molecule has 0 radical (unpaired) electrons. The third-order valence-electron chi connectivity index (χ3n) is 4.01. The first-order valence-corrected chi connectivity index (χ1v) is 7.29. The van der Waals surface area contributed by atoms with Crippen LogP contribution in [-0.4, -0.2) is 34.8 Å². The summed E-state index contributed by atoms with van der Waals surface area (Å²) in [5.41, 5.74) is 6.37. The van der Waals surface area contributed by atoms with E-state index in [1.165, 1.54) is 25.6 Å². The minimum Gasteiger partial charge on any atom is -0.476 e. The fourth-order valence-electron chi connectivity index (χ4n) is 2.74. The fourth-order valence-corrected chi connectivity index (χ4v) is 2.74. The van der Waals surface area contributed by atoms with E-state index in [1.54, 1.807) is 0 Å². The normalized spacial score (nSPS) is 17.7. The average Bonchev–Trinajstić information content (AvgIpc) is 2.49. The fraction of sp³-hybridized carbons (Fsp3) is 0.714. The molecule has 0 aliphatic heterocycles. The van der Waals surface area contributed by atoms with Crippen LogP contribution in [-0.2, 0) is 0 Å². The van der Waals surface area contributed by atoms with Gasteiger partial charge in [0.15, 0.2) is 5.82 Å². The number of aliphatic hydroxyl groups excluding tert-OH is 1. The zero-order chi connectivity index (χ0) is 14.4. The van der Waals surface area contributed by atoms with E-state index in [9.17, 15) is 5.11 Å². The summed E-state index contributed by atoms with van der Waals surface area (Å²) >= 11 is 0. The zero-order valence-corrected chi connectivity index (χ0v) is 12.1. The highest BCUT2D eigenvalue weighted by Crippen LogP contribution is 2.36. The molecule has 0 saturated heterocycles. The van der Waals surface area contributed by atoms with Crippen molar-refractivity contribution in [1.29, 1.82) is 0 Å². The van der Waals surface area contributed by atoms with Gasteiger partial charge in [-0.25, -0.2) is 4.98 Å². The van der Waals surface area contributed by atoms with Crippen LogP contribution in [0, 0.1) is 5.41 Å². The van der Waals surface area contributed by atoms with Crippen molar-refractivity contribution in [3.63, 3.8) is 0 Å². The van der Waals surface area contributed by atoms with Crippen molar-refractivity contribution >= 4 is 11.5 Å². The molecule has 0 atom stereocenters. The first-order valence-electron chi connectivity index (χ1n) is 7.29. The summed E-state index contributed by atoms with van der Waals surface area (Å²) in [6.07, 6.45) is 7.12. The maximum absolute atomic E-state index is 9.70. The third-order valence-corrected chi connectivity index (χ3v) is 4.01. The van der Waals surface area contributed by atoms with E-state index in [2.05, 4.69) is 15.3 Å². The van der Waals surface area contributed by atoms with Crippen molar-refractivity contribution in [2.75, 3.05) is 30.8 Å². The molecule has 0 unspecified atom stereocenters. The molecule has 0 aromatic carbocycles. The number of anilines is 2. The number of ether oxygens (including phenoxy) is 1. The predicted octanol–water partition coefficient (Wildman–Crippen LogP) is 1.81. The van der Waals surface area contributed by atoms with Crippen LogP contribution in [0.2, 0.25) is 0 Å². The highest BCUT2D eigenvalue weighted by atomic mass is 16.5. The molecule has 1 aliphatic carbocycles. The van der Waals surface area contributed by atoms with Crippen molar-refractivity contribution < 1.29 is 9.84 Å². The van der Waals surface area contributed by atoms with Crippen LogP contribution < -0.4 is 15.8 Å². The van der Waals surface area contributed by atoms with Crippen molar-refractivity contribution in [2.24, 2.45) is 5.41 Å². The lowest BCUT2D eigenvalue weighted by Crippen LogP contribution is -2.35. The number of nitrogens with one attached hydrogen (secondary N) is 1. The van der Waals surface area contributed by atoms with Crippen LogP contribution in [0.15, 0.2) is 6.33 Å². The summed E-state index contributed by atoms with van der Waals surface area (Å²) in [5, 5.41) is 13.0. The van der Waals surface area contributed by atoms with E-state index in [0.717, 1.165) is 12.8 Å². The summed E-state index contributed by atoms with van der Waals surface area (Å²) in [6, 6.07) is 0. The van der Waals surface area contributed by atoms with Crippen molar-refractivity contribution in [2.45, 2.75) is 39.0 Å². The second-order valence-electron chi connectivity index (χ2n) is 5.45. The molecular weight excluding hydrogens is 256 g/mol. The monoisotopic (exact) mass is 280 g/mol. The Morgan fingerprint density at radius 3 is 2.75 bits per heavy atom. The Balaban J connectivity index is 2.04. The zero-order valence-electron chi connectivity index (χ0n) is 12.1. The number of nitrogens with two attached hydrogens (primary N) is 1. The minimum absolute atomic E-state index is 0.0542. The van der Waals surface area contributed by atoms with Gasteiger partial charge in [0.05, 0.1) is 13.2 Å². The molecule has 1 fully saturated rings. The van der Waals surface area contributed by atoms with Gasteiger partial charge in [-0.1, -0.05) is 19.3 Å². The number of aliphatic hydroxyl groups is 1. The Kier molecular flexibility index (Phi) is 5.00. The first kappa shape index (κ1) is 14.8. The van der Waals surface area contributed by atoms with Gasteiger partial charge < -0.3 is 20.9 Å². The molecule has 6 nitrogen and oxygen atoms in total. The van der Waals surface area contributed by atoms with E-state index < -0.39 is 0 Å². The number of rotatable bonds is 6. The van der Waals surface area contributed by atoms with E-state index in [4.69, 9.17) is 10.5 Å². The molecule has 4 N–H and O–H groups in total. The maximum Gasteiger partial charge on any atom is 0.242 e. The van der Waals surface area contributed by atoms with E-state index in [0.29, 0.717) is 30.5 Å². The van der Waals surface area contributed by atoms with Gasteiger partial charge in [-0.2, -0.15) is 4.98 Å². The van der Waals surface area contributed by atoms with Gasteiger partial charge in [0.25, 0.3) is 0 Å². The average molecular weight is 280 g/mol. The van der Waals surface area contributed by atoms with Gasteiger partial charge >= 0.3 is 0 Å². The van der Waals surface area contributed by atoms with Crippen LogP contribution >= 0.6 is 0 Å².